The van der Waals surface area contributed by atoms with Gasteiger partial charge in [-0.2, -0.15) is 0 Å². The van der Waals surface area contributed by atoms with E-state index >= 15 is 0 Å². The third-order valence-corrected chi connectivity index (χ3v) is 6.62. The molecule has 8 nitrogen and oxygen atoms in total. The van der Waals surface area contributed by atoms with Crippen molar-refractivity contribution < 1.29 is 29.1 Å². The second-order valence-electron chi connectivity index (χ2n) is 7.36. The lowest BCUT2D eigenvalue weighted by Gasteiger charge is -2.41. The molecule has 1 fully saturated rings. The number of likely N-dealkylation sites (tertiary alicyclic amines) is 1. The lowest BCUT2D eigenvalue weighted by Crippen LogP contribution is -2.70. The Morgan fingerprint density at radius 2 is 1.86 bits per heavy atom. The smallest absolute Gasteiger partial charge is 0.364 e. The first-order chi connectivity index (χ1) is 13.8. The number of carboxylic acids is 2. The normalized spacial score (nSPS) is 23.4. The summed E-state index contributed by atoms with van der Waals surface area (Å²) in [6.45, 7) is 0.650. The number of hydrogen-bond donors (Lipinski definition) is 4. The monoisotopic (exact) mass is 424 g/mol. The number of unbranched alkanes of at least 4 members (excludes halogenated alkanes) is 1. The minimum atomic E-state index is -1.18. The van der Waals surface area contributed by atoms with E-state index in [1.54, 1.807) is 0 Å². The highest BCUT2D eigenvalue weighted by atomic mass is 32.2. The van der Waals surface area contributed by atoms with Crippen LogP contribution in [0.2, 0.25) is 0 Å². The molecule has 1 aliphatic rings. The van der Waals surface area contributed by atoms with E-state index in [2.05, 4.69) is 0 Å². The summed E-state index contributed by atoms with van der Waals surface area (Å²) < 4.78 is -0.617. The average Bonchev–Trinajstić information content (AvgIpc) is 3.14. The fraction of sp³-hybridized carbons (Fsp3) is 0.550. The second kappa shape index (κ2) is 10.7. The molecule has 0 spiro atoms. The molecule has 2 rings (SSSR count). The number of carbonyl (C=O) groups excluding carboxylic acids is 1. The van der Waals surface area contributed by atoms with Crippen molar-refractivity contribution >= 4 is 29.6 Å². The molecule has 160 valence electrons. The van der Waals surface area contributed by atoms with Gasteiger partial charge in [0.15, 0.2) is 6.04 Å². The quantitative estimate of drug-likeness (QED) is 0.236. The fourth-order valence-corrected chi connectivity index (χ4v) is 5.19. The van der Waals surface area contributed by atoms with Crippen molar-refractivity contribution in [2.75, 3.05) is 18.8 Å². The molecule has 6 N–H and O–H groups in total. The van der Waals surface area contributed by atoms with Crippen molar-refractivity contribution in [1.29, 1.82) is 0 Å². The number of quaternary nitrogens is 1. The summed E-state index contributed by atoms with van der Waals surface area (Å²) >= 11 is 1.31. The molecule has 0 aliphatic carbocycles. The van der Waals surface area contributed by atoms with Gasteiger partial charge in [0.1, 0.15) is 6.04 Å². The largest absolute Gasteiger partial charge is 0.477 e. The van der Waals surface area contributed by atoms with E-state index in [4.69, 9.17) is 11.5 Å². The van der Waals surface area contributed by atoms with Crippen LogP contribution in [0.25, 0.3) is 0 Å². The van der Waals surface area contributed by atoms with Crippen molar-refractivity contribution in [2.45, 2.75) is 55.1 Å². The van der Waals surface area contributed by atoms with E-state index in [1.807, 2.05) is 30.3 Å². The molecule has 0 radical (unpaired) electrons. The summed E-state index contributed by atoms with van der Waals surface area (Å²) in [5.41, 5.74) is 11.6. The van der Waals surface area contributed by atoms with Gasteiger partial charge in [0.25, 0.3) is 0 Å². The van der Waals surface area contributed by atoms with Crippen LogP contribution >= 0.6 is 11.8 Å². The molecule has 1 aromatic carbocycles. The number of thioether (sulfide) groups is 1. The van der Waals surface area contributed by atoms with Gasteiger partial charge in [-0.25, -0.2) is 18.9 Å². The Morgan fingerprint density at radius 1 is 1.17 bits per heavy atom. The molecule has 9 heteroatoms. The lowest BCUT2D eigenvalue weighted by molar-refractivity contribution is -0.872. The summed E-state index contributed by atoms with van der Waals surface area (Å²) in [4.78, 5) is 38.5. The van der Waals surface area contributed by atoms with Crippen molar-refractivity contribution in [3.05, 3.63) is 30.3 Å². The molecular weight excluding hydrogens is 394 g/mol. The number of hydrogen-bond acceptors (Lipinski definition) is 6. The zero-order valence-corrected chi connectivity index (χ0v) is 17.2. The van der Waals surface area contributed by atoms with Crippen LogP contribution in [0.15, 0.2) is 35.2 Å². The Morgan fingerprint density at radius 3 is 2.45 bits per heavy atom. The van der Waals surface area contributed by atoms with Gasteiger partial charge in [0, 0.05) is 17.7 Å². The van der Waals surface area contributed by atoms with Crippen LogP contribution in [0, 0.1) is 0 Å². The summed E-state index contributed by atoms with van der Waals surface area (Å²) in [7, 11) is 0. The molecule has 1 amide bonds. The van der Waals surface area contributed by atoms with Gasteiger partial charge in [-0.05, 0) is 37.9 Å². The first kappa shape index (κ1) is 23.3. The molecular formula is C20H30N3O5S+. The van der Waals surface area contributed by atoms with Gasteiger partial charge in [-0.3, -0.25) is 0 Å². The van der Waals surface area contributed by atoms with Crippen LogP contribution in [0.3, 0.4) is 0 Å². The van der Waals surface area contributed by atoms with Crippen LogP contribution < -0.4 is 11.5 Å². The SMILES string of the molecule is NCCCC[C@H](N)C(=O)[N+]1([C@H](CSc2ccccc2)C(=O)O)CCC[C@H]1C(=O)O. The zero-order chi connectivity index (χ0) is 21.4. The highest BCUT2D eigenvalue weighted by molar-refractivity contribution is 7.99. The number of nitrogens with two attached hydrogens (primary N) is 2. The van der Waals surface area contributed by atoms with Gasteiger partial charge >= 0.3 is 17.8 Å². The first-order valence-electron chi connectivity index (χ1n) is 9.85. The van der Waals surface area contributed by atoms with Gasteiger partial charge in [-0.15, -0.1) is 11.8 Å². The summed E-state index contributed by atoms with van der Waals surface area (Å²) in [6, 6.07) is 6.06. The van der Waals surface area contributed by atoms with Crippen molar-refractivity contribution in [2.24, 2.45) is 11.5 Å². The Bertz CT molecular complexity index is 717. The molecule has 1 aliphatic heterocycles. The van der Waals surface area contributed by atoms with E-state index in [1.165, 1.54) is 11.8 Å². The second-order valence-corrected chi connectivity index (χ2v) is 8.45. The van der Waals surface area contributed by atoms with Crippen molar-refractivity contribution in [3.8, 4) is 0 Å². The maximum Gasteiger partial charge on any atom is 0.364 e. The van der Waals surface area contributed by atoms with E-state index in [0.717, 1.165) is 4.90 Å². The number of carbonyl (C=O) groups is 3. The van der Waals surface area contributed by atoms with E-state index in [9.17, 15) is 24.6 Å². The van der Waals surface area contributed by atoms with Crippen LogP contribution in [0.5, 0.6) is 0 Å². The third-order valence-electron chi connectivity index (χ3n) is 5.54. The third kappa shape index (κ3) is 5.36. The zero-order valence-electron chi connectivity index (χ0n) is 16.4. The predicted molar refractivity (Wildman–Crippen MR) is 110 cm³/mol. The standard InChI is InChI=1S/C20H29N3O5S/c21-11-5-4-9-15(22)18(24)23(12-6-10-16(23)19(25)26)17(20(27)28)13-29-14-7-2-1-3-8-14/h1-3,7-8,15-17H,4-6,9-13,21-22H2,(H-,25,26,27,28)/p+1/t15-,16-,17+,23?/m0/s1. The predicted octanol–water partition coefficient (Wildman–Crippen LogP) is 1.28. The number of nitrogens with zero attached hydrogens (tertiary/aromatic N) is 1. The molecule has 1 saturated heterocycles. The Kier molecular flexibility index (Phi) is 8.63. The number of amides is 1. The molecule has 29 heavy (non-hydrogen) atoms. The van der Waals surface area contributed by atoms with Crippen LogP contribution in [-0.2, 0) is 14.4 Å². The topological polar surface area (TPSA) is 144 Å². The summed E-state index contributed by atoms with van der Waals surface area (Å²) in [6.07, 6.45) is 2.43. The minimum absolute atomic E-state index is 0.0877. The van der Waals surface area contributed by atoms with E-state index < -0.39 is 40.5 Å². The fourth-order valence-electron chi connectivity index (χ4n) is 4.08. The Labute approximate surface area is 174 Å². The average molecular weight is 425 g/mol. The van der Waals surface area contributed by atoms with Crippen molar-refractivity contribution in [3.63, 3.8) is 0 Å². The highest BCUT2D eigenvalue weighted by Crippen LogP contribution is 2.35. The van der Waals surface area contributed by atoms with Crippen LogP contribution in [-0.4, -0.2) is 69.5 Å². The van der Waals surface area contributed by atoms with Gasteiger partial charge in [-0.1, -0.05) is 18.2 Å². The van der Waals surface area contributed by atoms with E-state index in [-0.39, 0.29) is 18.7 Å². The minimum Gasteiger partial charge on any atom is -0.477 e. The van der Waals surface area contributed by atoms with Crippen molar-refractivity contribution in [1.82, 2.24) is 0 Å². The maximum absolute atomic E-state index is 13.4. The molecule has 0 bridgehead atoms. The first-order valence-corrected chi connectivity index (χ1v) is 10.8. The maximum atomic E-state index is 13.4. The Hall–Kier alpha value is -1.94. The summed E-state index contributed by atoms with van der Waals surface area (Å²) in [5.74, 6) is -2.73. The lowest BCUT2D eigenvalue weighted by atomic mass is 10.0. The molecule has 4 atom stereocenters. The summed E-state index contributed by atoms with van der Waals surface area (Å²) in [5, 5.41) is 19.8. The molecule has 1 aromatic rings. The number of rotatable bonds is 11. The van der Waals surface area contributed by atoms with Gasteiger partial charge in [0.2, 0.25) is 6.04 Å². The van der Waals surface area contributed by atoms with Gasteiger partial charge < -0.3 is 21.7 Å². The van der Waals surface area contributed by atoms with Crippen LogP contribution in [0.1, 0.15) is 32.1 Å². The molecule has 0 saturated carbocycles. The Balaban J connectivity index is 2.34. The van der Waals surface area contributed by atoms with Crippen LogP contribution in [0.4, 0.5) is 0 Å². The highest BCUT2D eigenvalue weighted by Gasteiger charge is 2.59. The van der Waals surface area contributed by atoms with E-state index in [0.29, 0.717) is 32.2 Å². The number of benzene rings is 1. The molecule has 1 unspecified atom stereocenters. The number of carboxylic acid groups (broad SMARTS) is 2. The number of aliphatic carboxylic acids is 2. The molecule has 0 aromatic heterocycles. The van der Waals surface area contributed by atoms with Gasteiger partial charge in [0.05, 0.1) is 12.3 Å². The molecule has 1 heterocycles.